The van der Waals surface area contributed by atoms with E-state index in [1.165, 1.54) is 6.26 Å². The average molecular weight is 358 g/mol. The third kappa shape index (κ3) is 3.31. The van der Waals surface area contributed by atoms with E-state index >= 15 is 0 Å². The van der Waals surface area contributed by atoms with Crippen LogP contribution in [0.4, 0.5) is 0 Å². The van der Waals surface area contributed by atoms with Gasteiger partial charge in [-0.05, 0) is 6.42 Å². The number of rotatable bonds is 4. The van der Waals surface area contributed by atoms with Gasteiger partial charge in [-0.25, -0.2) is 4.79 Å². The number of fused-ring (bicyclic) bond motifs is 1. The van der Waals surface area contributed by atoms with Gasteiger partial charge >= 0.3 is 5.97 Å². The number of cyclic esters (lactones) is 1. The molecule has 8 atom stereocenters. The number of aliphatic hydroxyl groups excluding tert-OH is 4. The van der Waals surface area contributed by atoms with Crippen LogP contribution in [0, 0.1) is 11.8 Å². The minimum absolute atomic E-state index is 0.206. The highest BCUT2D eigenvalue weighted by Gasteiger charge is 2.48. The van der Waals surface area contributed by atoms with Gasteiger partial charge in [0.15, 0.2) is 6.29 Å². The van der Waals surface area contributed by atoms with Gasteiger partial charge in [0.25, 0.3) is 0 Å². The minimum Gasteiger partial charge on any atom is -0.471 e. The van der Waals surface area contributed by atoms with Crippen LogP contribution in [0.2, 0.25) is 0 Å². The molecule has 0 bridgehead atoms. The van der Waals surface area contributed by atoms with Gasteiger partial charge in [0.1, 0.15) is 24.4 Å². The summed E-state index contributed by atoms with van der Waals surface area (Å²) < 4.78 is 21.4. The Kier molecular flexibility index (Phi) is 5.42. The maximum absolute atomic E-state index is 11.8. The third-order valence-corrected chi connectivity index (χ3v) is 4.79. The zero-order chi connectivity index (χ0) is 18.1. The van der Waals surface area contributed by atoms with Crippen molar-refractivity contribution in [3.8, 4) is 0 Å². The number of hydrogen-bond acceptors (Lipinski definition) is 9. The first-order valence-corrected chi connectivity index (χ1v) is 8.09. The smallest absolute Gasteiger partial charge is 0.337 e. The summed E-state index contributed by atoms with van der Waals surface area (Å²) in [5.74, 6) is -1.06. The summed E-state index contributed by atoms with van der Waals surface area (Å²) in [5, 5.41) is 38.9. The van der Waals surface area contributed by atoms with Crippen LogP contribution in [-0.4, -0.2) is 76.6 Å². The first kappa shape index (κ1) is 18.3. The molecule has 3 aliphatic heterocycles. The number of esters is 1. The standard InChI is InChI=1S/C16H22O9/c1-2-7-8-3-4-22-14(21)9(8)6-23-15(7)25-16-13(20)12(19)11(18)10(5-17)24-16/h2,6-8,10-13,15-20H,1,3-5H2/t7-,8?,10-,11-,12+,13-,15+,16+/m1/s1. The average Bonchev–Trinajstić information content (AvgIpc) is 2.62. The third-order valence-electron chi connectivity index (χ3n) is 4.79. The summed E-state index contributed by atoms with van der Waals surface area (Å²) in [7, 11) is 0. The van der Waals surface area contributed by atoms with Crippen LogP contribution in [0.3, 0.4) is 0 Å². The molecule has 4 N–H and O–H groups in total. The van der Waals surface area contributed by atoms with Crippen molar-refractivity contribution in [2.45, 2.75) is 43.4 Å². The lowest BCUT2D eigenvalue weighted by molar-refractivity contribution is -0.339. The van der Waals surface area contributed by atoms with Crippen molar-refractivity contribution in [2.24, 2.45) is 11.8 Å². The van der Waals surface area contributed by atoms with Crippen LogP contribution < -0.4 is 0 Å². The van der Waals surface area contributed by atoms with E-state index in [2.05, 4.69) is 6.58 Å². The van der Waals surface area contributed by atoms with Crippen molar-refractivity contribution in [3.05, 3.63) is 24.5 Å². The minimum atomic E-state index is -1.54. The number of ether oxygens (including phenoxy) is 4. The Balaban J connectivity index is 1.75. The number of aliphatic hydroxyl groups is 4. The zero-order valence-electron chi connectivity index (χ0n) is 13.4. The molecular formula is C16H22O9. The molecule has 140 valence electrons. The highest BCUT2D eigenvalue weighted by Crippen LogP contribution is 2.38. The summed E-state index contributed by atoms with van der Waals surface area (Å²) in [6, 6.07) is 0. The monoisotopic (exact) mass is 358 g/mol. The molecule has 9 heteroatoms. The van der Waals surface area contributed by atoms with Crippen molar-refractivity contribution in [1.82, 2.24) is 0 Å². The Bertz CT molecular complexity index is 546. The predicted octanol–water partition coefficient (Wildman–Crippen LogP) is -1.59. The Labute approximate surface area is 144 Å². The van der Waals surface area contributed by atoms with Crippen LogP contribution in [-0.2, 0) is 23.7 Å². The Morgan fingerprint density at radius 1 is 1.24 bits per heavy atom. The number of hydrogen-bond donors (Lipinski definition) is 4. The van der Waals surface area contributed by atoms with E-state index in [1.807, 2.05) is 0 Å². The summed E-state index contributed by atoms with van der Waals surface area (Å²) in [4.78, 5) is 11.8. The molecule has 3 rings (SSSR count). The molecule has 1 unspecified atom stereocenters. The molecule has 9 nitrogen and oxygen atoms in total. The summed E-state index contributed by atoms with van der Waals surface area (Å²) in [5.41, 5.74) is 0.393. The molecule has 0 amide bonds. The largest absolute Gasteiger partial charge is 0.471 e. The van der Waals surface area contributed by atoms with E-state index in [-0.39, 0.29) is 12.5 Å². The second-order valence-electron chi connectivity index (χ2n) is 6.26. The fourth-order valence-electron chi connectivity index (χ4n) is 3.34. The molecule has 25 heavy (non-hydrogen) atoms. The maximum atomic E-state index is 11.8. The quantitative estimate of drug-likeness (QED) is 0.346. The molecule has 0 spiro atoms. The molecular weight excluding hydrogens is 336 g/mol. The van der Waals surface area contributed by atoms with Crippen molar-refractivity contribution in [3.63, 3.8) is 0 Å². The topological polar surface area (TPSA) is 135 Å². The maximum Gasteiger partial charge on any atom is 0.337 e. The molecule has 0 aromatic rings. The van der Waals surface area contributed by atoms with Gasteiger partial charge in [-0.3, -0.25) is 0 Å². The normalized spacial score (nSPS) is 44.2. The summed E-state index contributed by atoms with van der Waals surface area (Å²) in [6.07, 6.45) is -4.44. The van der Waals surface area contributed by atoms with Crippen molar-refractivity contribution in [2.75, 3.05) is 13.2 Å². The second kappa shape index (κ2) is 7.40. The summed E-state index contributed by atoms with van der Waals surface area (Å²) in [6.45, 7) is 3.47. The van der Waals surface area contributed by atoms with Gasteiger partial charge in [-0.1, -0.05) is 6.08 Å². The van der Waals surface area contributed by atoms with Gasteiger partial charge in [-0.15, -0.1) is 6.58 Å². The molecule has 2 saturated heterocycles. The SMILES string of the molecule is C=C[C@@H]1C2CCOC(=O)C2=CO[C@H]1O[C@@H]1O[C@H](CO)[C@@H](O)[C@H](O)[C@H]1O. The van der Waals surface area contributed by atoms with Gasteiger partial charge in [-0.2, -0.15) is 0 Å². The van der Waals surface area contributed by atoms with E-state index in [4.69, 9.17) is 18.9 Å². The lowest BCUT2D eigenvalue weighted by atomic mass is 9.81. The van der Waals surface area contributed by atoms with Gasteiger partial charge in [0.2, 0.25) is 6.29 Å². The zero-order valence-corrected chi connectivity index (χ0v) is 13.4. The van der Waals surface area contributed by atoms with E-state index in [1.54, 1.807) is 6.08 Å². The lowest BCUT2D eigenvalue weighted by Gasteiger charge is -2.43. The van der Waals surface area contributed by atoms with Crippen LogP contribution in [0.25, 0.3) is 0 Å². The molecule has 0 saturated carbocycles. The number of carbonyl (C=O) groups excluding carboxylic acids is 1. The fraction of sp³-hybridized carbons (Fsp3) is 0.688. The molecule has 2 fully saturated rings. The molecule has 0 radical (unpaired) electrons. The van der Waals surface area contributed by atoms with Crippen LogP contribution in [0.15, 0.2) is 24.5 Å². The fourth-order valence-corrected chi connectivity index (χ4v) is 3.34. The first-order chi connectivity index (χ1) is 12.0. The van der Waals surface area contributed by atoms with E-state index < -0.39 is 55.5 Å². The van der Waals surface area contributed by atoms with E-state index in [9.17, 15) is 25.2 Å². The second-order valence-corrected chi connectivity index (χ2v) is 6.26. The van der Waals surface area contributed by atoms with Crippen molar-refractivity contribution in [1.29, 1.82) is 0 Å². The van der Waals surface area contributed by atoms with Gasteiger partial charge in [0, 0.05) is 11.8 Å². The highest BCUT2D eigenvalue weighted by molar-refractivity contribution is 5.89. The molecule has 3 heterocycles. The number of carbonyl (C=O) groups is 1. The van der Waals surface area contributed by atoms with Crippen LogP contribution in [0.1, 0.15) is 6.42 Å². The highest BCUT2D eigenvalue weighted by atomic mass is 16.8. The van der Waals surface area contributed by atoms with Gasteiger partial charge < -0.3 is 39.4 Å². The Morgan fingerprint density at radius 3 is 2.68 bits per heavy atom. The lowest BCUT2D eigenvalue weighted by Crippen LogP contribution is -2.60. The van der Waals surface area contributed by atoms with E-state index in [0.717, 1.165) is 0 Å². The van der Waals surface area contributed by atoms with Gasteiger partial charge in [0.05, 0.1) is 25.0 Å². The predicted molar refractivity (Wildman–Crippen MR) is 80.6 cm³/mol. The summed E-state index contributed by atoms with van der Waals surface area (Å²) >= 11 is 0. The first-order valence-electron chi connectivity index (χ1n) is 8.09. The van der Waals surface area contributed by atoms with Crippen LogP contribution >= 0.6 is 0 Å². The van der Waals surface area contributed by atoms with Crippen molar-refractivity contribution >= 4 is 5.97 Å². The van der Waals surface area contributed by atoms with E-state index in [0.29, 0.717) is 12.0 Å². The molecule has 3 aliphatic rings. The van der Waals surface area contributed by atoms with Crippen LogP contribution in [0.5, 0.6) is 0 Å². The molecule has 0 aromatic carbocycles. The van der Waals surface area contributed by atoms with Crippen molar-refractivity contribution < 1.29 is 44.2 Å². The Morgan fingerprint density at radius 2 is 2.00 bits per heavy atom. The Hall–Kier alpha value is -1.49. The molecule has 0 aromatic heterocycles. The molecule has 0 aliphatic carbocycles.